The van der Waals surface area contributed by atoms with Crippen LogP contribution in [0.4, 0.5) is 11.5 Å². The normalized spacial score (nSPS) is 18.7. The lowest BCUT2D eigenvalue weighted by Gasteiger charge is -2.37. The summed E-state index contributed by atoms with van der Waals surface area (Å²) in [7, 11) is 4.01. The highest BCUT2D eigenvalue weighted by atomic mass is 16.5. The highest BCUT2D eigenvalue weighted by molar-refractivity contribution is 5.91. The summed E-state index contributed by atoms with van der Waals surface area (Å²) >= 11 is 0. The molecule has 28 heavy (non-hydrogen) atoms. The minimum absolute atomic E-state index is 0.111. The minimum atomic E-state index is 0.111. The van der Waals surface area contributed by atoms with E-state index in [-0.39, 0.29) is 12.5 Å². The van der Waals surface area contributed by atoms with Crippen molar-refractivity contribution in [2.45, 2.75) is 0 Å². The number of ether oxygens (including phenoxy) is 1. The molecule has 0 atom stereocenters. The Hall–Kier alpha value is -2.45. The summed E-state index contributed by atoms with van der Waals surface area (Å²) in [6.45, 7) is 7.28. The molecule has 4 rings (SSSR count). The standard InChI is InChI=1S/C20H28N6O2/c1-23(2)20-17-13-16(3-4-18(17)21-15-22-20)25-8-5-24(6-9-25)7-10-26-11-12-28-14-19(26)27/h3-4,13,15H,5-12,14H2,1-2H3. The second-order valence-corrected chi connectivity index (χ2v) is 7.56. The van der Waals surface area contributed by atoms with Crippen molar-refractivity contribution in [3.05, 3.63) is 24.5 Å². The lowest BCUT2D eigenvalue weighted by atomic mass is 10.1. The molecule has 2 aliphatic heterocycles. The molecule has 0 aliphatic carbocycles. The number of hydrogen-bond donors (Lipinski definition) is 0. The zero-order valence-corrected chi connectivity index (χ0v) is 16.7. The molecule has 1 amide bonds. The first-order chi connectivity index (χ1) is 13.6. The smallest absolute Gasteiger partial charge is 0.248 e. The number of hydrogen-bond acceptors (Lipinski definition) is 7. The van der Waals surface area contributed by atoms with Crippen molar-refractivity contribution in [2.24, 2.45) is 0 Å². The van der Waals surface area contributed by atoms with Crippen molar-refractivity contribution in [2.75, 3.05) is 82.9 Å². The predicted molar refractivity (Wildman–Crippen MR) is 110 cm³/mol. The number of carbonyl (C=O) groups excluding carboxylic acids is 1. The quantitative estimate of drug-likeness (QED) is 0.751. The first-order valence-corrected chi connectivity index (χ1v) is 9.87. The van der Waals surface area contributed by atoms with E-state index >= 15 is 0 Å². The van der Waals surface area contributed by atoms with Gasteiger partial charge < -0.3 is 19.4 Å². The Balaban J connectivity index is 1.37. The number of benzene rings is 1. The lowest BCUT2D eigenvalue weighted by Crippen LogP contribution is -2.50. The third-order valence-corrected chi connectivity index (χ3v) is 5.53. The third kappa shape index (κ3) is 4.02. The van der Waals surface area contributed by atoms with Gasteiger partial charge in [0.25, 0.3) is 0 Å². The summed E-state index contributed by atoms with van der Waals surface area (Å²) < 4.78 is 5.20. The van der Waals surface area contributed by atoms with Gasteiger partial charge >= 0.3 is 0 Å². The van der Waals surface area contributed by atoms with E-state index in [4.69, 9.17) is 4.74 Å². The number of rotatable bonds is 5. The Morgan fingerprint density at radius 1 is 1.07 bits per heavy atom. The monoisotopic (exact) mass is 384 g/mol. The summed E-state index contributed by atoms with van der Waals surface area (Å²) in [6.07, 6.45) is 1.62. The molecule has 1 aromatic heterocycles. The maximum atomic E-state index is 11.8. The van der Waals surface area contributed by atoms with Gasteiger partial charge in [-0.05, 0) is 18.2 Å². The molecule has 8 nitrogen and oxygen atoms in total. The van der Waals surface area contributed by atoms with E-state index < -0.39 is 0 Å². The van der Waals surface area contributed by atoms with Crippen LogP contribution in [0, 0.1) is 0 Å². The molecular weight excluding hydrogens is 356 g/mol. The van der Waals surface area contributed by atoms with Crippen molar-refractivity contribution >= 4 is 28.3 Å². The van der Waals surface area contributed by atoms with Crippen molar-refractivity contribution in [1.82, 2.24) is 19.8 Å². The number of anilines is 2. The molecule has 2 saturated heterocycles. The maximum Gasteiger partial charge on any atom is 0.248 e. The molecule has 0 N–H and O–H groups in total. The second kappa shape index (κ2) is 8.28. The molecular formula is C20H28N6O2. The van der Waals surface area contributed by atoms with Crippen molar-refractivity contribution < 1.29 is 9.53 Å². The second-order valence-electron chi connectivity index (χ2n) is 7.56. The minimum Gasteiger partial charge on any atom is -0.370 e. The van der Waals surface area contributed by atoms with E-state index in [2.05, 4.69) is 38.0 Å². The number of amides is 1. The molecule has 0 spiro atoms. The fourth-order valence-corrected chi connectivity index (χ4v) is 3.86. The summed E-state index contributed by atoms with van der Waals surface area (Å²) in [5.41, 5.74) is 2.18. The first kappa shape index (κ1) is 18.9. The fraction of sp³-hybridized carbons (Fsp3) is 0.550. The summed E-state index contributed by atoms with van der Waals surface area (Å²) in [6, 6.07) is 6.43. The molecule has 0 bridgehead atoms. The van der Waals surface area contributed by atoms with E-state index in [0.29, 0.717) is 13.2 Å². The highest BCUT2D eigenvalue weighted by Crippen LogP contribution is 2.27. The molecule has 0 saturated carbocycles. The van der Waals surface area contributed by atoms with Crippen LogP contribution in [0.2, 0.25) is 0 Å². The topological polar surface area (TPSA) is 65.0 Å². The van der Waals surface area contributed by atoms with Crippen LogP contribution in [0.15, 0.2) is 24.5 Å². The number of morpholine rings is 1. The Morgan fingerprint density at radius 3 is 2.64 bits per heavy atom. The van der Waals surface area contributed by atoms with Gasteiger partial charge in [0.15, 0.2) is 0 Å². The van der Waals surface area contributed by atoms with Crippen molar-refractivity contribution in [3.63, 3.8) is 0 Å². The Bertz CT molecular complexity index is 835. The lowest BCUT2D eigenvalue weighted by molar-refractivity contribution is -0.142. The van der Waals surface area contributed by atoms with Gasteiger partial charge in [-0.1, -0.05) is 0 Å². The number of piperazine rings is 1. The molecule has 0 radical (unpaired) electrons. The van der Waals surface area contributed by atoms with E-state index in [9.17, 15) is 4.79 Å². The van der Waals surface area contributed by atoms with Crippen LogP contribution in [0.3, 0.4) is 0 Å². The Morgan fingerprint density at radius 2 is 1.89 bits per heavy atom. The summed E-state index contributed by atoms with van der Waals surface area (Å²) in [5, 5.41) is 1.08. The van der Waals surface area contributed by atoms with Crippen LogP contribution in [0.25, 0.3) is 10.9 Å². The number of aromatic nitrogens is 2. The zero-order chi connectivity index (χ0) is 19.5. The van der Waals surface area contributed by atoms with Gasteiger partial charge in [0.05, 0.1) is 12.1 Å². The van der Waals surface area contributed by atoms with Crippen LogP contribution < -0.4 is 9.80 Å². The molecule has 2 fully saturated rings. The van der Waals surface area contributed by atoms with E-state index in [1.807, 2.05) is 23.9 Å². The summed E-state index contributed by atoms with van der Waals surface area (Å²) in [5.74, 6) is 1.06. The average Bonchev–Trinajstić information content (AvgIpc) is 2.72. The van der Waals surface area contributed by atoms with Gasteiger partial charge in [-0.3, -0.25) is 9.69 Å². The molecule has 8 heteroatoms. The number of nitrogens with zero attached hydrogens (tertiary/aromatic N) is 6. The third-order valence-electron chi connectivity index (χ3n) is 5.53. The predicted octanol–water partition coefficient (Wildman–Crippen LogP) is 0.677. The van der Waals surface area contributed by atoms with Crippen LogP contribution in [0.5, 0.6) is 0 Å². The molecule has 1 aromatic carbocycles. The van der Waals surface area contributed by atoms with Gasteiger partial charge in [0.2, 0.25) is 5.91 Å². The van der Waals surface area contributed by atoms with E-state index in [1.54, 1.807) is 6.33 Å². The number of carbonyl (C=O) groups is 1. The van der Waals surface area contributed by atoms with Crippen LogP contribution in [0.1, 0.15) is 0 Å². The van der Waals surface area contributed by atoms with E-state index in [1.165, 1.54) is 5.69 Å². The average molecular weight is 384 g/mol. The van der Waals surface area contributed by atoms with Crippen LogP contribution in [-0.4, -0.2) is 98.8 Å². The van der Waals surface area contributed by atoms with Crippen molar-refractivity contribution in [1.29, 1.82) is 0 Å². The van der Waals surface area contributed by atoms with E-state index in [0.717, 1.165) is 56.0 Å². The van der Waals surface area contributed by atoms with Crippen LogP contribution in [-0.2, 0) is 9.53 Å². The van der Waals surface area contributed by atoms with Gasteiger partial charge in [0.1, 0.15) is 18.8 Å². The zero-order valence-electron chi connectivity index (χ0n) is 16.7. The molecule has 2 aromatic rings. The summed E-state index contributed by atoms with van der Waals surface area (Å²) in [4.78, 5) is 29.5. The van der Waals surface area contributed by atoms with Crippen molar-refractivity contribution in [3.8, 4) is 0 Å². The largest absolute Gasteiger partial charge is 0.370 e. The molecule has 3 heterocycles. The van der Waals surface area contributed by atoms with Gasteiger partial charge in [0, 0.05) is 71.0 Å². The highest BCUT2D eigenvalue weighted by Gasteiger charge is 2.22. The Kier molecular flexibility index (Phi) is 5.59. The SMILES string of the molecule is CN(C)c1ncnc2ccc(N3CCN(CCN4CCOCC4=O)CC3)cc12. The molecule has 150 valence electrons. The van der Waals surface area contributed by atoms with Gasteiger partial charge in [-0.15, -0.1) is 0 Å². The van der Waals surface area contributed by atoms with Gasteiger partial charge in [-0.25, -0.2) is 9.97 Å². The number of fused-ring (bicyclic) bond motifs is 1. The first-order valence-electron chi connectivity index (χ1n) is 9.87. The van der Waals surface area contributed by atoms with Crippen LogP contribution >= 0.6 is 0 Å². The Labute approximate surface area is 165 Å². The fourth-order valence-electron chi connectivity index (χ4n) is 3.86. The maximum absolute atomic E-state index is 11.8. The van der Waals surface area contributed by atoms with Gasteiger partial charge in [-0.2, -0.15) is 0 Å². The molecule has 0 unspecified atom stereocenters. The molecule has 2 aliphatic rings.